The maximum absolute atomic E-state index is 12.6. The second-order valence-corrected chi connectivity index (χ2v) is 9.36. The number of aryl methyl sites for hydroxylation is 2. The van der Waals surface area contributed by atoms with Crippen molar-refractivity contribution in [1.82, 2.24) is 0 Å². The Morgan fingerprint density at radius 2 is 1.38 bits per heavy atom. The predicted molar refractivity (Wildman–Crippen MR) is 134 cm³/mol. The van der Waals surface area contributed by atoms with Gasteiger partial charge in [0, 0.05) is 31.1 Å². The third-order valence-electron chi connectivity index (χ3n) is 5.49. The van der Waals surface area contributed by atoms with Crippen LogP contribution in [0.1, 0.15) is 47.5 Å². The standard InChI is InChI=1S/C28H30O5S/c1-20(29)32-18-24(19-33-21(2)30)9-8-23-10-13-25(14-11-23)27-16-17-28(34-27)26(31)15-12-22-6-4-3-5-7-22/h3-7,10-11,13-14,16-17,24H,8-9,12,15,18-19H2,1-2H3. The zero-order valence-corrected chi connectivity index (χ0v) is 20.4. The summed E-state index contributed by atoms with van der Waals surface area (Å²) < 4.78 is 10.2. The minimum atomic E-state index is -0.342. The van der Waals surface area contributed by atoms with Crippen LogP contribution in [0.25, 0.3) is 10.4 Å². The van der Waals surface area contributed by atoms with E-state index in [2.05, 4.69) is 24.3 Å². The fourth-order valence-corrected chi connectivity index (χ4v) is 4.54. The molecule has 0 fully saturated rings. The molecule has 0 atom stereocenters. The van der Waals surface area contributed by atoms with E-state index in [1.165, 1.54) is 30.7 Å². The van der Waals surface area contributed by atoms with Gasteiger partial charge in [-0.05, 0) is 48.1 Å². The average molecular weight is 479 g/mol. The van der Waals surface area contributed by atoms with E-state index >= 15 is 0 Å². The number of benzene rings is 2. The third-order valence-corrected chi connectivity index (χ3v) is 6.66. The van der Waals surface area contributed by atoms with Gasteiger partial charge in [0.2, 0.25) is 0 Å². The molecular weight excluding hydrogens is 448 g/mol. The summed E-state index contributed by atoms with van der Waals surface area (Å²) in [5.41, 5.74) is 3.40. The van der Waals surface area contributed by atoms with Crippen LogP contribution in [0.15, 0.2) is 66.7 Å². The van der Waals surface area contributed by atoms with Gasteiger partial charge in [-0.25, -0.2) is 0 Å². The smallest absolute Gasteiger partial charge is 0.302 e. The minimum absolute atomic E-state index is 0.0470. The second-order valence-electron chi connectivity index (χ2n) is 8.28. The first-order chi connectivity index (χ1) is 16.4. The molecule has 3 aromatic rings. The molecule has 0 radical (unpaired) electrons. The lowest BCUT2D eigenvalue weighted by molar-refractivity contribution is -0.146. The zero-order valence-electron chi connectivity index (χ0n) is 19.6. The van der Waals surface area contributed by atoms with Gasteiger partial charge >= 0.3 is 11.9 Å². The van der Waals surface area contributed by atoms with Gasteiger partial charge in [0.1, 0.15) is 0 Å². The molecule has 1 aromatic heterocycles. The first kappa shape index (κ1) is 25.4. The Kier molecular flexibility index (Phi) is 9.59. The molecule has 0 N–H and O–H groups in total. The highest BCUT2D eigenvalue weighted by Gasteiger charge is 2.14. The molecule has 178 valence electrons. The number of esters is 2. The van der Waals surface area contributed by atoms with E-state index in [-0.39, 0.29) is 36.9 Å². The molecule has 0 saturated carbocycles. The molecular formula is C28H30O5S. The van der Waals surface area contributed by atoms with Gasteiger partial charge in [-0.2, -0.15) is 0 Å². The molecule has 0 spiro atoms. The molecule has 1 heterocycles. The monoisotopic (exact) mass is 478 g/mol. The lowest BCUT2D eigenvalue weighted by Crippen LogP contribution is -2.20. The molecule has 3 rings (SSSR count). The molecule has 0 aliphatic heterocycles. The third kappa shape index (κ3) is 8.27. The van der Waals surface area contributed by atoms with Gasteiger partial charge in [0.05, 0.1) is 18.1 Å². The van der Waals surface area contributed by atoms with Crippen molar-refractivity contribution in [2.24, 2.45) is 5.92 Å². The topological polar surface area (TPSA) is 69.7 Å². The maximum atomic E-state index is 12.6. The highest BCUT2D eigenvalue weighted by atomic mass is 32.1. The lowest BCUT2D eigenvalue weighted by atomic mass is 9.99. The summed E-state index contributed by atoms with van der Waals surface area (Å²) in [5.74, 6) is -0.561. The molecule has 0 amide bonds. The molecule has 5 nitrogen and oxygen atoms in total. The van der Waals surface area contributed by atoms with Crippen LogP contribution < -0.4 is 0 Å². The highest BCUT2D eigenvalue weighted by molar-refractivity contribution is 7.17. The Morgan fingerprint density at radius 3 is 2.00 bits per heavy atom. The minimum Gasteiger partial charge on any atom is -0.465 e. The Balaban J connectivity index is 1.54. The van der Waals surface area contributed by atoms with Gasteiger partial charge in [0.15, 0.2) is 5.78 Å². The van der Waals surface area contributed by atoms with E-state index in [4.69, 9.17) is 9.47 Å². The van der Waals surface area contributed by atoms with Crippen molar-refractivity contribution < 1.29 is 23.9 Å². The number of carbonyl (C=O) groups excluding carboxylic acids is 3. The normalized spacial score (nSPS) is 10.8. The zero-order chi connectivity index (χ0) is 24.3. The molecule has 6 heteroatoms. The van der Waals surface area contributed by atoms with Crippen molar-refractivity contribution in [3.63, 3.8) is 0 Å². The van der Waals surface area contributed by atoms with Gasteiger partial charge < -0.3 is 9.47 Å². The van der Waals surface area contributed by atoms with Crippen molar-refractivity contribution in [3.8, 4) is 10.4 Å². The van der Waals surface area contributed by atoms with Crippen LogP contribution in [-0.2, 0) is 31.9 Å². The Bertz CT molecular complexity index is 1070. The van der Waals surface area contributed by atoms with Gasteiger partial charge in [-0.15, -0.1) is 11.3 Å². The summed E-state index contributed by atoms with van der Waals surface area (Å²) in [6, 6.07) is 22.2. The lowest BCUT2D eigenvalue weighted by Gasteiger charge is -2.16. The van der Waals surface area contributed by atoms with Crippen LogP contribution >= 0.6 is 11.3 Å². The second kappa shape index (κ2) is 12.8. The molecule has 34 heavy (non-hydrogen) atoms. The Morgan fingerprint density at radius 1 is 0.765 bits per heavy atom. The first-order valence-corrected chi connectivity index (χ1v) is 12.3. The summed E-state index contributed by atoms with van der Waals surface area (Å²) in [7, 11) is 0. The number of carbonyl (C=O) groups is 3. The number of hydrogen-bond donors (Lipinski definition) is 0. The van der Waals surface area contributed by atoms with Gasteiger partial charge in [-0.3, -0.25) is 14.4 Å². The van der Waals surface area contributed by atoms with E-state index in [0.29, 0.717) is 6.42 Å². The van der Waals surface area contributed by atoms with E-state index in [1.807, 2.05) is 42.5 Å². The quantitative estimate of drug-likeness (QED) is 0.239. The first-order valence-electron chi connectivity index (χ1n) is 11.4. The van der Waals surface area contributed by atoms with Crippen LogP contribution in [-0.4, -0.2) is 30.9 Å². The van der Waals surface area contributed by atoms with Gasteiger partial charge in [0.25, 0.3) is 0 Å². The molecule has 0 aliphatic rings. The van der Waals surface area contributed by atoms with Crippen LogP contribution in [0.3, 0.4) is 0 Å². The maximum Gasteiger partial charge on any atom is 0.302 e. The fraction of sp³-hybridized carbons (Fsp3) is 0.321. The summed E-state index contributed by atoms with van der Waals surface area (Å²) in [6.45, 7) is 3.21. The van der Waals surface area contributed by atoms with E-state index in [0.717, 1.165) is 40.1 Å². The highest BCUT2D eigenvalue weighted by Crippen LogP contribution is 2.29. The predicted octanol–water partition coefficient (Wildman–Crippen LogP) is 5.91. The van der Waals surface area contributed by atoms with Gasteiger partial charge in [-0.1, -0.05) is 54.6 Å². The molecule has 0 aliphatic carbocycles. The molecule has 0 unspecified atom stereocenters. The average Bonchev–Trinajstić information content (AvgIpc) is 3.33. The number of Topliss-reactive ketones (excluding diaryl/α,β-unsaturated/α-hetero) is 1. The van der Waals surface area contributed by atoms with Crippen molar-refractivity contribution in [1.29, 1.82) is 0 Å². The summed E-state index contributed by atoms with van der Waals surface area (Å²) in [6.07, 6.45) is 2.77. The van der Waals surface area contributed by atoms with Crippen molar-refractivity contribution >= 4 is 29.1 Å². The number of rotatable bonds is 12. The number of hydrogen-bond acceptors (Lipinski definition) is 6. The van der Waals surface area contributed by atoms with Crippen LogP contribution in [0, 0.1) is 5.92 Å². The Hall–Kier alpha value is -3.25. The van der Waals surface area contributed by atoms with Crippen LogP contribution in [0.4, 0.5) is 0 Å². The van der Waals surface area contributed by atoms with E-state index < -0.39 is 0 Å². The summed E-state index contributed by atoms with van der Waals surface area (Å²) >= 11 is 1.53. The molecule has 2 aromatic carbocycles. The molecule has 0 saturated heterocycles. The van der Waals surface area contributed by atoms with E-state index in [9.17, 15) is 14.4 Å². The molecule has 0 bridgehead atoms. The fourth-order valence-electron chi connectivity index (χ4n) is 3.56. The largest absolute Gasteiger partial charge is 0.465 e. The van der Waals surface area contributed by atoms with E-state index in [1.54, 1.807) is 0 Å². The van der Waals surface area contributed by atoms with Crippen molar-refractivity contribution in [2.75, 3.05) is 13.2 Å². The van der Waals surface area contributed by atoms with Crippen LogP contribution in [0.2, 0.25) is 0 Å². The van der Waals surface area contributed by atoms with Crippen LogP contribution in [0.5, 0.6) is 0 Å². The Labute approximate surface area is 204 Å². The van der Waals surface area contributed by atoms with Crippen molar-refractivity contribution in [3.05, 3.63) is 82.7 Å². The number of ketones is 1. The summed E-state index contributed by atoms with van der Waals surface area (Å²) in [4.78, 5) is 36.7. The number of thiophene rings is 1. The SMILES string of the molecule is CC(=O)OCC(CCc1ccc(-c2ccc(C(=O)CCc3ccccc3)s2)cc1)COC(C)=O. The summed E-state index contributed by atoms with van der Waals surface area (Å²) in [5, 5.41) is 0. The van der Waals surface area contributed by atoms with Crippen molar-refractivity contribution in [2.45, 2.75) is 39.5 Å². The number of ether oxygens (including phenoxy) is 2.